The van der Waals surface area contributed by atoms with Crippen LogP contribution in [0.3, 0.4) is 0 Å². The second kappa shape index (κ2) is 6.50. The number of fused-ring (bicyclic) bond motifs is 1. The normalized spacial score (nSPS) is 11.0. The fourth-order valence-electron chi connectivity index (χ4n) is 2.43. The van der Waals surface area contributed by atoms with Crippen LogP contribution in [0.4, 0.5) is 0 Å². The number of likely N-dealkylation sites (N-methyl/N-ethyl adjacent to an activating group) is 1. The van der Waals surface area contributed by atoms with Gasteiger partial charge >= 0.3 is 0 Å². The van der Waals surface area contributed by atoms with Crippen LogP contribution in [0, 0.1) is 0 Å². The van der Waals surface area contributed by atoms with Crippen LogP contribution in [-0.4, -0.2) is 27.3 Å². The summed E-state index contributed by atoms with van der Waals surface area (Å²) in [4.78, 5) is 22.9. The zero-order valence-corrected chi connectivity index (χ0v) is 13.7. The number of nitrogens with zero attached hydrogens (tertiary/aromatic N) is 2. The number of aromatic nitrogens is 2. The van der Waals surface area contributed by atoms with Gasteiger partial charge in [0.25, 0.3) is 0 Å². The highest BCUT2D eigenvalue weighted by atomic mass is 35.5. The van der Waals surface area contributed by atoms with Crippen molar-refractivity contribution in [2.75, 3.05) is 6.54 Å². The third-order valence-electron chi connectivity index (χ3n) is 3.59. The Bertz CT molecular complexity index is 795. The maximum absolute atomic E-state index is 12.6. The minimum absolute atomic E-state index is 0.108. The van der Waals surface area contributed by atoms with Crippen molar-refractivity contribution in [1.29, 1.82) is 0 Å². The number of carbonyl (C=O) groups is 1. The lowest BCUT2D eigenvalue weighted by Crippen LogP contribution is -2.31. The Morgan fingerprint density at radius 2 is 2.27 bits per heavy atom. The van der Waals surface area contributed by atoms with E-state index in [1.165, 1.54) is 11.3 Å². The molecule has 3 rings (SSSR count). The predicted molar refractivity (Wildman–Crippen MR) is 90.2 cm³/mol. The summed E-state index contributed by atoms with van der Waals surface area (Å²) < 4.78 is 0.751. The highest BCUT2D eigenvalue weighted by Crippen LogP contribution is 2.23. The number of thiophene rings is 1. The highest BCUT2D eigenvalue weighted by Gasteiger charge is 2.16. The van der Waals surface area contributed by atoms with Crippen LogP contribution in [-0.2, 0) is 17.8 Å². The fraction of sp³-hybridized carbons (Fsp3) is 0.250. The molecule has 0 unspecified atom stereocenters. The van der Waals surface area contributed by atoms with Gasteiger partial charge in [0, 0.05) is 29.2 Å². The van der Waals surface area contributed by atoms with Crippen LogP contribution >= 0.6 is 22.9 Å². The van der Waals surface area contributed by atoms with Crippen molar-refractivity contribution in [3.63, 3.8) is 0 Å². The molecule has 0 saturated heterocycles. The molecule has 3 aromatic rings. The summed E-state index contributed by atoms with van der Waals surface area (Å²) >= 11 is 7.47. The van der Waals surface area contributed by atoms with Crippen LogP contribution < -0.4 is 0 Å². The van der Waals surface area contributed by atoms with Crippen LogP contribution in [0.25, 0.3) is 11.0 Å². The standard InChI is InChI=1S/C16H16ClN3OS/c1-2-20(10-12-5-6-14(17)22-12)15(21)8-11-9-19-16-13(11)4-3-7-18-16/h3-7,9H,2,8,10H2,1H3,(H,18,19). The molecule has 0 spiro atoms. The van der Waals surface area contributed by atoms with Crippen molar-refractivity contribution in [3.8, 4) is 0 Å². The molecule has 114 valence electrons. The molecule has 22 heavy (non-hydrogen) atoms. The molecule has 0 aliphatic carbocycles. The molecule has 3 aromatic heterocycles. The van der Waals surface area contributed by atoms with E-state index in [2.05, 4.69) is 9.97 Å². The summed E-state index contributed by atoms with van der Waals surface area (Å²) in [5, 5.41) is 1.01. The minimum atomic E-state index is 0.108. The number of pyridine rings is 1. The Kier molecular flexibility index (Phi) is 4.45. The second-order valence-corrected chi connectivity index (χ2v) is 6.80. The lowest BCUT2D eigenvalue weighted by Gasteiger charge is -2.20. The molecule has 1 N–H and O–H groups in total. The quantitative estimate of drug-likeness (QED) is 0.770. The maximum atomic E-state index is 12.6. The zero-order chi connectivity index (χ0) is 15.5. The highest BCUT2D eigenvalue weighted by molar-refractivity contribution is 7.16. The number of aromatic amines is 1. The molecule has 3 heterocycles. The summed E-state index contributed by atoms with van der Waals surface area (Å²) in [6, 6.07) is 7.70. The van der Waals surface area contributed by atoms with Gasteiger partial charge in [-0.3, -0.25) is 4.79 Å². The molecule has 0 saturated carbocycles. The van der Waals surface area contributed by atoms with Gasteiger partial charge in [-0.1, -0.05) is 11.6 Å². The Balaban J connectivity index is 1.74. The molecule has 1 amide bonds. The molecule has 0 atom stereocenters. The summed E-state index contributed by atoms with van der Waals surface area (Å²) in [6.07, 6.45) is 3.98. The number of amides is 1. The van der Waals surface area contributed by atoms with Gasteiger partial charge < -0.3 is 9.88 Å². The van der Waals surface area contributed by atoms with Crippen LogP contribution in [0.5, 0.6) is 0 Å². The van der Waals surface area contributed by atoms with Crippen LogP contribution in [0.15, 0.2) is 36.7 Å². The summed E-state index contributed by atoms with van der Waals surface area (Å²) in [7, 11) is 0. The van der Waals surface area contributed by atoms with E-state index >= 15 is 0 Å². The number of hydrogen-bond donors (Lipinski definition) is 1. The van der Waals surface area contributed by atoms with Gasteiger partial charge in [0.05, 0.1) is 17.3 Å². The van der Waals surface area contributed by atoms with Gasteiger partial charge in [-0.05, 0) is 36.8 Å². The second-order valence-electron chi connectivity index (χ2n) is 5.00. The Morgan fingerprint density at radius 1 is 1.41 bits per heavy atom. The van der Waals surface area contributed by atoms with Crippen molar-refractivity contribution in [2.45, 2.75) is 19.9 Å². The van der Waals surface area contributed by atoms with E-state index in [0.717, 1.165) is 25.8 Å². The number of halogens is 1. The van der Waals surface area contributed by atoms with E-state index in [-0.39, 0.29) is 5.91 Å². The number of hydrogen-bond acceptors (Lipinski definition) is 3. The van der Waals surface area contributed by atoms with Gasteiger partial charge in [0.1, 0.15) is 5.65 Å². The van der Waals surface area contributed by atoms with Crippen molar-refractivity contribution in [2.24, 2.45) is 0 Å². The molecule has 4 nitrogen and oxygen atoms in total. The van der Waals surface area contributed by atoms with E-state index in [1.807, 2.05) is 42.3 Å². The molecule has 0 aromatic carbocycles. The largest absolute Gasteiger partial charge is 0.346 e. The lowest BCUT2D eigenvalue weighted by molar-refractivity contribution is -0.130. The van der Waals surface area contributed by atoms with E-state index in [4.69, 9.17) is 11.6 Å². The monoisotopic (exact) mass is 333 g/mol. The third kappa shape index (κ3) is 3.15. The number of H-pyrrole nitrogens is 1. The van der Waals surface area contributed by atoms with Gasteiger partial charge in [-0.2, -0.15) is 0 Å². The molecular formula is C16H16ClN3OS. The fourth-order valence-corrected chi connectivity index (χ4v) is 3.54. The van der Waals surface area contributed by atoms with Crippen molar-refractivity contribution < 1.29 is 4.79 Å². The molecule has 6 heteroatoms. The first-order chi connectivity index (χ1) is 10.7. The average molecular weight is 334 g/mol. The van der Waals surface area contributed by atoms with Crippen molar-refractivity contribution in [1.82, 2.24) is 14.9 Å². The average Bonchev–Trinajstić information content (AvgIpc) is 3.11. The Hall–Kier alpha value is -1.85. The molecule has 0 bridgehead atoms. The first-order valence-electron chi connectivity index (χ1n) is 7.10. The molecule has 0 fully saturated rings. The number of carbonyl (C=O) groups excluding carboxylic acids is 1. The maximum Gasteiger partial charge on any atom is 0.227 e. The van der Waals surface area contributed by atoms with Crippen molar-refractivity contribution >= 4 is 39.9 Å². The number of nitrogens with one attached hydrogen (secondary N) is 1. The van der Waals surface area contributed by atoms with Crippen LogP contribution in [0.2, 0.25) is 4.34 Å². The summed E-state index contributed by atoms with van der Waals surface area (Å²) in [5.74, 6) is 0.108. The van der Waals surface area contributed by atoms with Gasteiger partial charge in [-0.15, -0.1) is 11.3 Å². The van der Waals surface area contributed by atoms with E-state index in [9.17, 15) is 4.79 Å². The van der Waals surface area contributed by atoms with Crippen LogP contribution in [0.1, 0.15) is 17.4 Å². The van der Waals surface area contributed by atoms with Gasteiger partial charge in [0.2, 0.25) is 5.91 Å². The van der Waals surface area contributed by atoms with Crippen molar-refractivity contribution in [3.05, 3.63) is 51.4 Å². The van der Waals surface area contributed by atoms with Gasteiger partial charge in [0.15, 0.2) is 0 Å². The minimum Gasteiger partial charge on any atom is -0.346 e. The van der Waals surface area contributed by atoms with E-state index in [0.29, 0.717) is 19.5 Å². The SMILES string of the molecule is CCN(Cc1ccc(Cl)s1)C(=O)Cc1c[nH]c2ncccc12. The Morgan fingerprint density at radius 3 is 3.00 bits per heavy atom. The molecule has 0 aliphatic rings. The zero-order valence-electron chi connectivity index (χ0n) is 12.2. The molecular weight excluding hydrogens is 318 g/mol. The third-order valence-corrected chi connectivity index (χ3v) is 4.80. The molecule has 0 aliphatic heterocycles. The number of rotatable bonds is 5. The lowest BCUT2D eigenvalue weighted by atomic mass is 10.1. The summed E-state index contributed by atoms with van der Waals surface area (Å²) in [6.45, 7) is 3.27. The first-order valence-corrected chi connectivity index (χ1v) is 8.29. The van der Waals surface area contributed by atoms with E-state index in [1.54, 1.807) is 6.20 Å². The topological polar surface area (TPSA) is 49.0 Å². The van der Waals surface area contributed by atoms with E-state index < -0.39 is 0 Å². The first kappa shape index (κ1) is 15.1. The smallest absolute Gasteiger partial charge is 0.227 e. The molecule has 0 radical (unpaired) electrons. The Labute approximate surface area is 137 Å². The predicted octanol–water partition coefficient (Wildman–Crippen LogP) is 3.87. The van der Waals surface area contributed by atoms with Gasteiger partial charge in [-0.25, -0.2) is 4.98 Å². The summed E-state index contributed by atoms with van der Waals surface area (Å²) in [5.41, 5.74) is 1.80.